The molecule has 0 atom stereocenters. The van der Waals surface area contributed by atoms with Gasteiger partial charge in [-0.25, -0.2) is 4.98 Å². The second kappa shape index (κ2) is 8.74. The van der Waals surface area contributed by atoms with Gasteiger partial charge < -0.3 is 15.4 Å². The van der Waals surface area contributed by atoms with Gasteiger partial charge in [0, 0.05) is 28.2 Å². The van der Waals surface area contributed by atoms with E-state index in [9.17, 15) is 9.59 Å². The summed E-state index contributed by atoms with van der Waals surface area (Å²) in [7, 11) is 1.62. The Labute approximate surface area is 191 Å². The maximum Gasteiger partial charge on any atom is 0.256 e. The molecule has 0 radical (unpaired) electrons. The fourth-order valence-electron chi connectivity index (χ4n) is 3.70. The number of carbonyl (C=O) groups is 2. The summed E-state index contributed by atoms with van der Waals surface area (Å²) in [6.45, 7) is 0. The molecule has 0 bridgehead atoms. The van der Waals surface area contributed by atoms with Crippen LogP contribution in [0.25, 0.3) is 22.2 Å². The van der Waals surface area contributed by atoms with E-state index in [4.69, 9.17) is 9.72 Å². The van der Waals surface area contributed by atoms with E-state index in [0.29, 0.717) is 16.9 Å². The molecule has 3 aromatic carbocycles. The van der Waals surface area contributed by atoms with Crippen LogP contribution in [0.2, 0.25) is 0 Å². The molecule has 0 unspecified atom stereocenters. The average molecular weight is 437 g/mol. The zero-order valence-corrected chi connectivity index (χ0v) is 18.2. The molecule has 5 rings (SSSR count). The Bertz CT molecular complexity index is 1330. The average Bonchev–Trinajstić information content (AvgIpc) is 3.70. The number of hydrogen-bond acceptors (Lipinski definition) is 4. The first kappa shape index (κ1) is 20.7. The minimum atomic E-state index is -0.224. The molecule has 0 saturated heterocycles. The van der Waals surface area contributed by atoms with E-state index < -0.39 is 0 Å². The van der Waals surface area contributed by atoms with Gasteiger partial charge in [-0.2, -0.15) is 0 Å². The van der Waals surface area contributed by atoms with Gasteiger partial charge >= 0.3 is 0 Å². The molecule has 0 aliphatic heterocycles. The third-order valence-electron chi connectivity index (χ3n) is 5.71. The molecular formula is C27H23N3O3. The van der Waals surface area contributed by atoms with Gasteiger partial charge in [0.15, 0.2) is 0 Å². The summed E-state index contributed by atoms with van der Waals surface area (Å²) in [6, 6.07) is 24.2. The van der Waals surface area contributed by atoms with Crippen LogP contribution >= 0.6 is 0 Å². The molecule has 4 aromatic rings. The number of pyridine rings is 1. The van der Waals surface area contributed by atoms with Crippen molar-refractivity contribution in [2.24, 2.45) is 5.92 Å². The third-order valence-corrected chi connectivity index (χ3v) is 5.71. The maximum absolute atomic E-state index is 13.2. The van der Waals surface area contributed by atoms with Crippen molar-refractivity contribution < 1.29 is 14.3 Å². The SMILES string of the molecule is COc1ccc(-c2cc(C(=O)Nc3ccc(NC(=O)C4CC4)cc3)c3ccccc3n2)cc1. The Balaban J connectivity index is 1.41. The van der Waals surface area contributed by atoms with Gasteiger partial charge in [-0.1, -0.05) is 18.2 Å². The fraction of sp³-hybridized carbons (Fsp3) is 0.148. The number of benzene rings is 3. The van der Waals surface area contributed by atoms with Crippen molar-refractivity contribution in [1.29, 1.82) is 0 Å². The Hall–Kier alpha value is -4.19. The number of hydrogen-bond donors (Lipinski definition) is 2. The van der Waals surface area contributed by atoms with E-state index >= 15 is 0 Å². The predicted molar refractivity (Wildman–Crippen MR) is 129 cm³/mol. The van der Waals surface area contributed by atoms with Crippen LogP contribution < -0.4 is 15.4 Å². The van der Waals surface area contributed by atoms with E-state index in [0.717, 1.165) is 40.7 Å². The van der Waals surface area contributed by atoms with Crippen molar-refractivity contribution in [3.05, 3.63) is 84.4 Å². The lowest BCUT2D eigenvalue weighted by molar-refractivity contribution is -0.117. The summed E-state index contributed by atoms with van der Waals surface area (Å²) in [5.74, 6) is 0.734. The highest BCUT2D eigenvalue weighted by Gasteiger charge is 2.29. The number of anilines is 2. The van der Waals surface area contributed by atoms with E-state index in [1.165, 1.54) is 0 Å². The molecule has 2 amide bonds. The van der Waals surface area contributed by atoms with Crippen molar-refractivity contribution in [3.8, 4) is 17.0 Å². The van der Waals surface area contributed by atoms with Gasteiger partial charge in [-0.05, 0) is 73.5 Å². The number of aromatic nitrogens is 1. The summed E-state index contributed by atoms with van der Waals surface area (Å²) in [6.07, 6.45) is 1.91. The van der Waals surface area contributed by atoms with Crippen molar-refractivity contribution >= 4 is 34.1 Å². The fourth-order valence-corrected chi connectivity index (χ4v) is 3.70. The summed E-state index contributed by atoms with van der Waals surface area (Å²) in [5.41, 5.74) is 4.26. The van der Waals surface area contributed by atoms with E-state index in [2.05, 4.69) is 10.6 Å². The molecule has 1 aliphatic rings. The lowest BCUT2D eigenvalue weighted by atomic mass is 10.0. The minimum absolute atomic E-state index is 0.0566. The number of fused-ring (bicyclic) bond motifs is 1. The van der Waals surface area contributed by atoms with E-state index in [1.807, 2.05) is 54.6 Å². The second-order valence-corrected chi connectivity index (χ2v) is 8.10. The van der Waals surface area contributed by atoms with Crippen LogP contribution in [0, 0.1) is 5.92 Å². The number of nitrogens with zero attached hydrogens (tertiary/aromatic N) is 1. The van der Waals surface area contributed by atoms with Crippen molar-refractivity contribution in [3.63, 3.8) is 0 Å². The first-order valence-electron chi connectivity index (χ1n) is 10.9. The minimum Gasteiger partial charge on any atom is -0.497 e. The number of ether oxygens (including phenoxy) is 1. The van der Waals surface area contributed by atoms with Gasteiger partial charge in [0.2, 0.25) is 5.91 Å². The van der Waals surface area contributed by atoms with Crippen molar-refractivity contribution in [1.82, 2.24) is 4.98 Å². The number of nitrogens with one attached hydrogen (secondary N) is 2. The molecule has 1 heterocycles. The Morgan fingerprint density at radius 2 is 1.55 bits per heavy atom. The monoisotopic (exact) mass is 437 g/mol. The molecule has 2 N–H and O–H groups in total. The van der Waals surface area contributed by atoms with Crippen LogP contribution in [0.3, 0.4) is 0 Å². The largest absolute Gasteiger partial charge is 0.497 e. The summed E-state index contributed by atoms with van der Waals surface area (Å²) in [4.78, 5) is 29.9. The Morgan fingerprint density at radius 1 is 0.879 bits per heavy atom. The topological polar surface area (TPSA) is 80.3 Å². The zero-order chi connectivity index (χ0) is 22.8. The molecular weight excluding hydrogens is 414 g/mol. The van der Waals surface area contributed by atoms with Crippen LogP contribution in [0.1, 0.15) is 23.2 Å². The highest BCUT2D eigenvalue weighted by Crippen LogP contribution is 2.30. The molecule has 1 aliphatic carbocycles. The standard InChI is InChI=1S/C27H23N3O3/c1-33-21-14-8-17(9-15-21)25-16-23(22-4-2-3-5-24(22)30-25)27(32)29-20-12-10-19(11-13-20)28-26(31)18-6-7-18/h2-5,8-16,18H,6-7H2,1H3,(H,28,31)(H,29,32). The highest BCUT2D eigenvalue weighted by molar-refractivity contribution is 6.13. The van der Waals surface area contributed by atoms with Crippen molar-refractivity contribution in [2.45, 2.75) is 12.8 Å². The molecule has 6 heteroatoms. The van der Waals surface area contributed by atoms with Crippen LogP contribution in [0.5, 0.6) is 5.75 Å². The predicted octanol–water partition coefficient (Wildman–Crippen LogP) is 5.51. The molecule has 33 heavy (non-hydrogen) atoms. The highest BCUT2D eigenvalue weighted by atomic mass is 16.5. The lowest BCUT2D eigenvalue weighted by Gasteiger charge is -2.12. The lowest BCUT2D eigenvalue weighted by Crippen LogP contribution is -2.14. The van der Waals surface area contributed by atoms with E-state index in [-0.39, 0.29) is 17.7 Å². The van der Waals surface area contributed by atoms with Gasteiger partial charge in [0.1, 0.15) is 5.75 Å². The summed E-state index contributed by atoms with van der Waals surface area (Å²) in [5, 5.41) is 6.65. The quantitative estimate of drug-likeness (QED) is 0.417. The maximum atomic E-state index is 13.2. The smallest absolute Gasteiger partial charge is 0.256 e. The summed E-state index contributed by atoms with van der Waals surface area (Å²) < 4.78 is 5.24. The Kier molecular flexibility index (Phi) is 5.48. The molecule has 1 saturated carbocycles. The van der Waals surface area contributed by atoms with Crippen molar-refractivity contribution in [2.75, 3.05) is 17.7 Å². The third kappa shape index (κ3) is 4.55. The summed E-state index contributed by atoms with van der Waals surface area (Å²) >= 11 is 0. The molecule has 164 valence electrons. The van der Waals surface area contributed by atoms with E-state index in [1.54, 1.807) is 31.4 Å². The second-order valence-electron chi connectivity index (χ2n) is 8.10. The van der Waals surface area contributed by atoms with Gasteiger partial charge in [0.25, 0.3) is 5.91 Å². The molecule has 1 aromatic heterocycles. The number of carbonyl (C=O) groups excluding carboxylic acids is 2. The number of methoxy groups -OCH3 is 1. The van der Waals surface area contributed by atoms with Crippen LogP contribution in [0.15, 0.2) is 78.9 Å². The number of rotatable bonds is 6. The molecule has 6 nitrogen and oxygen atoms in total. The van der Waals surface area contributed by atoms with Crippen LogP contribution in [-0.2, 0) is 4.79 Å². The number of para-hydroxylation sites is 1. The molecule has 1 fully saturated rings. The van der Waals surface area contributed by atoms with Gasteiger partial charge in [0.05, 0.1) is 23.9 Å². The van der Waals surface area contributed by atoms with Gasteiger partial charge in [-0.3, -0.25) is 9.59 Å². The first-order chi connectivity index (χ1) is 16.1. The zero-order valence-electron chi connectivity index (χ0n) is 18.2. The molecule has 0 spiro atoms. The number of amides is 2. The van der Waals surface area contributed by atoms with Crippen LogP contribution in [0.4, 0.5) is 11.4 Å². The normalized spacial score (nSPS) is 12.9. The first-order valence-corrected chi connectivity index (χ1v) is 10.9. The Morgan fingerprint density at radius 3 is 2.21 bits per heavy atom. The van der Waals surface area contributed by atoms with Gasteiger partial charge in [-0.15, -0.1) is 0 Å². The van der Waals surface area contributed by atoms with Crippen LogP contribution in [-0.4, -0.2) is 23.9 Å².